The summed E-state index contributed by atoms with van der Waals surface area (Å²) in [6, 6.07) is 7.09. The van der Waals surface area contributed by atoms with Gasteiger partial charge in [0.15, 0.2) is 5.78 Å². The molecule has 0 spiro atoms. The molecule has 0 saturated carbocycles. The zero-order chi connectivity index (χ0) is 14.9. The fraction of sp³-hybridized carbons (Fsp3) is 0.0714. The van der Waals surface area contributed by atoms with Crippen LogP contribution in [0.3, 0.4) is 0 Å². The summed E-state index contributed by atoms with van der Waals surface area (Å²) >= 11 is 8.91. The molecule has 0 aromatic heterocycles. The Hall–Kier alpha value is -1.59. The van der Waals surface area contributed by atoms with Crippen molar-refractivity contribution in [1.82, 2.24) is 0 Å². The van der Waals surface area contributed by atoms with Gasteiger partial charge < -0.3 is 10.5 Å². The molecule has 6 heteroatoms. The molecule has 0 bridgehead atoms. The number of nitrogens with two attached hydrogens (primary N) is 1. The van der Waals surface area contributed by atoms with E-state index in [0.717, 1.165) is 6.07 Å². The van der Waals surface area contributed by atoms with Crippen molar-refractivity contribution in [3.8, 4) is 5.75 Å². The van der Waals surface area contributed by atoms with Crippen LogP contribution in [0.15, 0.2) is 34.8 Å². The van der Waals surface area contributed by atoms with Crippen LogP contribution in [0.1, 0.15) is 15.9 Å². The van der Waals surface area contributed by atoms with Crippen molar-refractivity contribution in [3.63, 3.8) is 0 Å². The minimum atomic E-state index is -0.516. The van der Waals surface area contributed by atoms with E-state index in [4.69, 9.17) is 22.1 Å². The van der Waals surface area contributed by atoms with Crippen molar-refractivity contribution in [1.29, 1.82) is 0 Å². The maximum atomic E-state index is 13.5. The number of anilines is 1. The molecule has 0 amide bonds. The van der Waals surface area contributed by atoms with Crippen molar-refractivity contribution in [2.45, 2.75) is 0 Å². The molecule has 2 rings (SSSR count). The summed E-state index contributed by atoms with van der Waals surface area (Å²) in [7, 11) is 1.36. The van der Waals surface area contributed by atoms with E-state index in [1.54, 1.807) is 12.1 Å². The zero-order valence-corrected chi connectivity index (χ0v) is 12.8. The first kappa shape index (κ1) is 14.8. The van der Waals surface area contributed by atoms with Gasteiger partial charge in [-0.2, -0.15) is 0 Å². The van der Waals surface area contributed by atoms with Crippen molar-refractivity contribution in [2.75, 3.05) is 12.8 Å². The Balaban J connectivity index is 2.58. The number of carbonyl (C=O) groups is 1. The number of carbonyl (C=O) groups excluding carboxylic acids is 1. The molecule has 3 nitrogen and oxygen atoms in total. The van der Waals surface area contributed by atoms with Crippen LogP contribution in [0, 0.1) is 5.82 Å². The number of ketones is 1. The third-order valence-electron chi connectivity index (χ3n) is 2.75. The topological polar surface area (TPSA) is 52.3 Å². The molecule has 0 unspecified atom stereocenters. The molecule has 0 aliphatic rings. The van der Waals surface area contributed by atoms with Crippen LogP contribution < -0.4 is 10.5 Å². The molecule has 0 fully saturated rings. The Kier molecular flexibility index (Phi) is 4.30. The molecule has 2 aromatic carbocycles. The molecule has 0 heterocycles. The molecule has 20 heavy (non-hydrogen) atoms. The van der Waals surface area contributed by atoms with Crippen LogP contribution in [0.2, 0.25) is 5.02 Å². The van der Waals surface area contributed by atoms with Gasteiger partial charge in [0.1, 0.15) is 11.6 Å². The van der Waals surface area contributed by atoms with E-state index in [1.807, 2.05) is 0 Å². The lowest BCUT2D eigenvalue weighted by Crippen LogP contribution is -2.08. The van der Waals surface area contributed by atoms with Crippen molar-refractivity contribution in [3.05, 3.63) is 56.8 Å². The van der Waals surface area contributed by atoms with Gasteiger partial charge in [-0.1, -0.05) is 11.6 Å². The first-order chi connectivity index (χ1) is 9.43. The molecule has 0 saturated heterocycles. The quantitative estimate of drug-likeness (QED) is 0.665. The molecule has 2 aromatic rings. The van der Waals surface area contributed by atoms with E-state index in [-0.39, 0.29) is 27.1 Å². The van der Waals surface area contributed by atoms with Gasteiger partial charge in [-0.05, 0) is 40.2 Å². The summed E-state index contributed by atoms with van der Waals surface area (Å²) in [4.78, 5) is 12.5. The fourth-order valence-corrected chi connectivity index (χ4v) is 2.26. The van der Waals surface area contributed by atoms with Gasteiger partial charge in [0, 0.05) is 22.3 Å². The van der Waals surface area contributed by atoms with Crippen LogP contribution >= 0.6 is 27.5 Å². The summed E-state index contributed by atoms with van der Waals surface area (Å²) < 4.78 is 18.7. The molecular weight excluding hydrogens is 349 g/mol. The van der Waals surface area contributed by atoms with Crippen LogP contribution in [0.5, 0.6) is 5.75 Å². The number of halogens is 3. The Morgan fingerprint density at radius 3 is 2.65 bits per heavy atom. The molecule has 0 radical (unpaired) electrons. The Morgan fingerprint density at radius 1 is 1.30 bits per heavy atom. The van der Waals surface area contributed by atoms with Crippen LogP contribution in [-0.4, -0.2) is 12.9 Å². The number of hydrogen-bond acceptors (Lipinski definition) is 3. The van der Waals surface area contributed by atoms with Crippen LogP contribution in [0.4, 0.5) is 10.1 Å². The smallest absolute Gasteiger partial charge is 0.198 e. The molecule has 0 aliphatic heterocycles. The number of ether oxygens (including phenoxy) is 1. The molecule has 0 aliphatic carbocycles. The van der Waals surface area contributed by atoms with Gasteiger partial charge >= 0.3 is 0 Å². The summed E-state index contributed by atoms with van der Waals surface area (Å²) in [6.45, 7) is 0. The van der Waals surface area contributed by atoms with Gasteiger partial charge in [0.2, 0.25) is 0 Å². The van der Waals surface area contributed by atoms with E-state index in [9.17, 15) is 9.18 Å². The van der Waals surface area contributed by atoms with E-state index in [2.05, 4.69) is 15.9 Å². The van der Waals surface area contributed by atoms with Crippen molar-refractivity contribution >= 4 is 39.0 Å². The van der Waals surface area contributed by atoms with Gasteiger partial charge in [-0.25, -0.2) is 4.39 Å². The second-order valence-electron chi connectivity index (χ2n) is 4.03. The summed E-state index contributed by atoms with van der Waals surface area (Å²) in [5, 5.41) is 0.391. The minimum Gasteiger partial charge on any atom is -0.496 e. The molecule has 2 N–H and O–H groups in total. The summed E-state index contributed by atoms with van der Waals surface area (Å²) in [5.74, 6) is -0.768. The molecule has 0 atom stereocenters. The normalized spacial score (nSPS) is 10.4. The number of hydrogen-bond donors (Lipinski definition) is 1. The third-order valence-corrected chi connectivity index (χ3v) is 3.59. The highest BCUT2D eigenvalue weighted by Gasteiger charge is 2.19. The summed E-state index contributed by atoms with van der Waals surface area (Å²) in [6.07, 6.45) is 0. The highest BCUT2D eigenvalue weighted by molar-refractivity contribution is 9.10. The predicted molar refractivity (Wildman–Crippen MR) is 79.9 cm³/mol. The van der Waals surface area contributed by atoms with Crippen LogP contribution in [-0.2, 0) is 0 Å². The lowest BCUT2D eigenvalue weighted by Gasteiger charge is -2.10. The second kappa shape index (κ2) is 5.81. The predicted octanol–water partition coefficient (Wildman–Crippen LogP) is 4.06. The maximum absolute atomic E-state index is 13.5. The average Bonchev–Trinajstić information content (AvgIpc) is 2.43. The Labute approximate surface area is 128 Å². The van der Waals surface area contributed by atoms with Crippen LogP contribution in [0.25, 0.3) is 0 Å². The van der Waals surface area contributed by atoms with E-state index in [0.29, 0.717) is 10.7 Å². The first-order valence-electron chi connectivity index (χ1n) is 5.56. The van der Waals surface area contributed by atoms with Gasteiger partial charge in [-0.15, -0.1) is 0 Å². The highest BCUT2D eigenvalue weighted by Crippen LogP contribution is 2.30. The largest absolute Gasteiger partial charge is 0.496 e. The number of nitrogen functional groups attached to an aromatic ring is 1. The maximum Gasteiger partial charge on any atom is 0.198 e. The average molecular weight is 359 g/mol. The van der Waals surface area contributed by atoms with E-state index >= 15 is 0 Å². The third kappa shape index (κ3) is 2.78. The Morgan fingerprint density at radius 2 is 2.00 bits per heavy atom. The zero-order valence-electron chi connectivity index (χ0n) is 10.4. The van der Waals surface area contributed by atoms with Gasteiger partial charge in [-0.3, -0.25) is 4.79 Å². The number of benzene rings is 2. The fourth-order valence-electron chi connectivity index (χ4n) is 1.75. The SMILES string of the molecule is COc1cc(F)c(Br)cc1C(=O)c1cc(Cl)ccc1N. The van der Waals surface area contributed by atoms with Gasteiger partial charge in [0.05, 0.1) is 17.1 Å². The highest BCUT2D eigenvalue weighted by atomic mass is 79.9. The lowest BCUT2D eigenvalue weighted by molar-refractivity contribution is 0.103. The summed E-state index contributed by atoms with van der Waals surface area (Å²) in [5.41, 5.74) is 6.52. The molecular formula is C14H10BrClFNO2. The second-order valence-corrected chi connectivity index (χ2v) is 5.32. The van der Waals surface area contributed by atoms with Gasteiger partial charge in [0.25, 0.3) is 0 Å². The Bertz CT molecular complexity index is 691. The molecule has 104 valence electrons. The lowest BCUT2D eigenvalue weighted by atomic mass is 10.0. The minimum absolute atomic E-state index is 0.134. The van der Waals surface area contributed by atoms with Crippen molar-refractivity contribution in [2.24, 2.45) is 0 Å². The first-order valence-corrected chi connectivity index (χ1v) is 6.74. The van der Waals surface area contributed by atoms with E-state index in [1.165, 1.54) is 19.2 Å². The monoisotopic (exact) mass is 357 g/mol. The number of methoxy groups -OCH3 is 1. The van der Waals surface area contributed by atoms with E-state index < -0.39 is 5.82 Å². The van der Waals surface area contributed by atoms with Crippen molar-refractivity contribution < 1.29 is 13.9 Å². The standard InChI is InChI=1S/C14H10BrClFNO2/c1-20-13-6-11(17)10(15)5-9(13)14(19)8-4-7(16)2-3-12(8)18/h2-6H,18H2,1H3. The number of rotatable bonds is 3.